The minimum absolute atomic E-state index is 0.166. The van der Waals surface area contributed by atoms with Crippen LogP contribution in [0.25, 0.3) is 0 Å². The van der Waals surface area contributed by atoms with Crippen LogP contribution < -0.4 is 14.4 Å². The number of ether oxygens (including phenoxy) is 2. The van der Waals surface area contributed by atoms with Gasteiger partial charge in [-0.05, 0) is 37.3 Å². The highest BCUT2D eigenvalue weighted by molar-refractivity contribution is 5.67. The van der Waals surface area contributed by atoms with Crippen molar-refractivity contribution in [3.8, 4) is 11.5 Å². The SMILES string of the molecule is COc1cc(N2CCCC2)c(OC)cc1CCCC(=O)O. The maximum Gasteiger partial charge on any atom is 0.303 e. The van der Waals surface area contributed by atoms with Crippen LogP contribution >= 0.6 is 0 Å². The van der Waals surface area contributed by atoms with Gasteiger partial charge in [0, 0.05) is 25.6 Å². The summed E-state index contributed by atoms with van der Waals surface area (Å²) in [6, 6.07) is 3.99. The number of aryl methyl sites for hydroxylation is 1. The van der Waals surface area contributed by atoms with E-state index in [1.54, 1.807) is 14.2 Å². The minimum Gasteiger partial charge on any atom is -0.496 e. The van der Waals surface area contributed by atoms with Gasteiger partial charge in [-0.15, -0.1) is 0 Å². The minimum atomic E-state index is -0.769. The number of hydrogen-bond donors (Lipinski definition) is 1. The Bertz CT molecular complexity index is 495. The molecule has 0 atom stereocenters. The molecule has 5 heteroatoms. The van der Waals surface area contributed by atoms with Gasteiger partial charge in [-0.1, -0.05) is 0 Å². The molecular formula is C16H23NO4. The standard InChI is InChI=1S/C16H23NO4/c1-20-14-11-13(17-8-3-4-9-17)15(21-2)10-12(14)6-5-7-16(18)19/h10-11H,3-9H2,1-2H3,(H,18,19). The van der Waals surface area contributed by atoms with Crippen LogP contribution in [0.2, 0.25) is 0 Å². The van der Waals surface area contributed by atoms with Crippen molar-refractivity contribution >= 4 is 11.7 Å². The van der Waals surface area contributed by atoms with E-state index < -0.39 is 5.97 Å². The molecule has 1 aromatic rings. The van der Waals surface area contributed by atoms with E-state index in [-0.39, 0.29) is 6.42 Å². The molecule has 0 unspecified atom stereocenters. The summed E-state index contributed by atoms with van der Waals surface area (Å²) < 4.78 is 11.0. The number of carboxylic acid groups (broad SMARTS) is 1. The lowest BCUT2D eigenvalue weighted by Gasteiger charge is -2.22. The fraction of sp³-hybridized carbons (Fsp3) is 0.562. The average Bonchev–Trinajstić information content (AvgIpc) is 3.00. The zero-order valence-electron chi connectivity index (χ0n) is 12.7. The summed E-state index contributed by atoms with van der Waals surface area (Å²) in [4.78, 5) is 12.9. The quantitative estimate of drug-likeness (QED) is 0.837. The van der Waals surface area contributed by atoms with E-state index in [2.05, 4.69) is 4.90 Å². The third kappa shape index (κ3) is 3.80. The predicted octanol–water partition coefficient (Wildman–Crippen LogP) is 2.71. The average molecular weight is 293 g/mol. The van der Waals surface area contributed by atoms with Crippen LogP contribution in [0.15, 0.2) is 12.1 Å². The molecule has 2 rings (SSSR count). The van der Waals surface area contributed by atoms with Crippen LogP contribution in [0.1, 0.15) is 31.2 Å². The molecule has 0 saturated carbocycles. The zero-order chi connectivity index (χ0) is 15.2. The van der Waals surface area contributed by atoms with Crippen LogP contribution in [0, 0.1) is 0 Å². The summed E-state index contributed by atoms with van der Waals surface area (Å²) in [5.41, 5.74) is 2.06. The van der Waals surface area contributed by atoms with Crippen molar-refractivity contribution in [1.82, 2.24) is 0 Å². The van der Waals surface area contributed by atoms with Gasteiger partial charge in [0.05, 0.1) is 19.9 Å². The van der Waals surface area contributed by atoms with Crippen molar-refractivity contribution in [2.75, 3.05) is 32.2 Å². The molecule has 1 aliphatic heterocycles. The number of benzene rings is 1. The molecule has 1 N–H and O–H groups in total. The fourth-order valence-corrected chi connectivity index (χ4v) is 2.78. The lowest BCUT2D eigenvalue weighted by Crippen LogP contribution is -2.18. The van der Waals surface area contributed by atoms with Gasteiger partial charge in [-0.2, -0.15) is 0 Å². The molecule has 0 bridgehead atoms. The maximum absolute atomic E-state index is 10.6. The smallest absolute Gasteiger partial charge is 0.303 e. The highest BCUT2D eigenvalue weighted by atomic mass is 16.5. The lowest BCUT2D eigenvalue weighted by atomic mass is 10.1. The highest BCUT2D eigenvalue weighted by Crippen LogP contribution is 2.37. The Hall–Kier alpha value is -1.91. The third-order valence-corrected chi connectivity index (χ3v) is 3.87. The van der Waals surface area contributed by atoms with Gasteiger partial charge in [-0.3, -0.25) is 4.79 Å². The molecule has 1 aromatic carbocycles. The molecule has 0 aliphatic carbocycles. The predicted molar refractivity (Wildman–Crippen MR) is 81.6 cm³/mol. The first-order valence-corrected chi connectivity index (χ1v) is 7.37. The second-order valence-corrected chi connectivity index (χ2v) is 5.28. The Kier molecular flexibility index (Phi) is 5.31. The van der Waals surface area contributed by atoms with E-state index in [9.17, 15) is 4.79 Å². The van der Waals surface area contributed by atoms with E-state index in [4.69, 9.17) is 14.6 Å². The van der Waals surface area contributed by atoms with Gasteiger partial charge in [0.1, 0.15) is 11.5 Å². The summed E-state index contributed by atoms with van der Waals surface area (Å²) in [5, 5.41) is 8.74. The van der Waals surface area contributed by atoms with Gasteiger partial charge < -0.3 is 19.5 Å². The molecule has 1 heterocycles. The fourth-order valence-electron chi connectivity index (χ4n) is 2.78. The molecule has 5 nitrogen and oxygen atoms in total. The third-order valence-electron chi connectivity index (χ3n) is 3.87. The van der Waals surface area contributed by atoms with Crippen molar-refractivity contribution in [3.63, 3.8) is 0 Å². The van der Waals surface area contributed by atoms with E-state index in [1.807, 2.05) is 12.1 Å². The second kappa shape index (κ2) is 7.20. The number of anilines is 1. The van der Waals surface area contributed by atoms with Crippen molar-refractivity contribution in [3.05, 3.63) is 17.7 Å². The van der Waals surface area contributed by atoms with Crippen LogP contribution in [-0.2, 0) is 11.2 Å². The monoisotopic (exact) mass is 293 g/mol. The van der Waals surface area contributed by atoms with Gasteiger partial charge in [0.2, 0.25) is 0 Å². The maximum atomic E-state index is 10.6. The second-order valence-electron chi connectivity index (χ2n) is 5.28. The number of methoxy groups -OCH3 is 2. The number of carbonyl (C=O) groups is 1. The number of rotatable bonds is 7. The van der Waals surface area contributed by atoms with E-state index in [0.717, 1.165) is 35.8 Å². The van der Waals surface area contributed by atoms with Crippen molar-refractivity contribution in [2.45, 2.75) is 32.1 Å². The van der Waals surface area contributed by atoms with E-state index in [1.165, 1.54) is 12.8 Å². The summed E-state index contributed by atoms with van der Waals surface area (Å²) in [6.07, 6.45) is 3.83. The molecule has 0 radical (unpaired) electrons. The first-order valence-electron chi connectivity index (χ1n) is 7.37. The van der Waals surface area contributed by atoms with Gasteiger partial charge in [-0.25, -0.2) is 0 Å². The topological polar surface area (TPSA) is 59.0 Å². The zero-order valence-corrected chi connectivity index (χ0v) is 12.7. The largest absolute Gasteiger partial charge is 0.496 e. The number of nitrogens with zero attached hydrogens (tertiary/aromatic N) is 1. The Morgan fingerprint density at radius 1 is 1.19 bits per heavy atom. The molecular weight excluding hydrogens is 270 g/mol. The summed E-state index contributed by atoms with van der Waals surface area (Å²) in [6.45, 7) is 2.08. The van der Waals surface area contributed by atoms with Gasteiger partial charge in [0.25, 0.3) is 0 Å². The molecule has 1 saturated heterocycles. The lowest BCUT2D eigenvalue weighted by molar-refractivity contribution is -0.137. The van der Waals surface area contributed by atoms with Crippen molar-refractivity contribution in [1.29, 1.82) is 0 Å². The number of hydrogen-bond acceptors (Lipinski definition) is 4. The highest BCUT2D eigenvalue weighted by Gasteiger charge is 2.19. The molecule has 1 aliphatic rings. The normalized spacial score (nSPS) is 14.3. The first-order chi connectivity index (χ1) is 10.2. The summed E-state index contributed by atoms with van der Waals surface area (Å²) in [5.74, 6) is 0.876. The van der Waals surface area contributed by atoms with Crippen LogP contribution in [0.5, 0.6) is 11.5 Å². The molecule has 0 spiro atoms. The molecule has 0 aromatic heterocycles. The Morgan fingerprint density at radius 2 is 1.86 bits per heavy atom. The molecule has 1 fully saturated rings. The van der Waals surface area contributed by atoms with E-state index in [0.29, 0.717) is 12.8 Å². The van der Waals surface area contributed by atoms with Crippen molar-refractivity contribution in [2.24, 2.45) is 0 Å². The Labute approximate surface area is 125 Å². The van der Waals surface area contributed by atoms with Crippen LogP contribution in [-0.4, -0.2) is 38.4 Å². The van der Waals surface area contributed by atoms with Gasteiger partial charge in [0.15, 0.2) is 0 Å². The Balaban J connectivity index is 2.22. The molecule has 21 heavy (non-hydrogen) atoms. The summed E-state index contributed by atoms with van der Waals surface area (Å²) in [7, 11) is 3.32. The Morgan fingerprint density at radius 3 is 2.43 bits per heavy atom. The van der Waals surface area contributed by atoms with E-state index >= 15 is 0 Å². The number of aliphatic carboxylic acids is 1. The number of carboxylic acids is 1. The van der Waals surface area contributed by atoms with Crippen molar-refractivity contribution < 1.29 is 19.4 Å². The van der Waals surface area contributed by atoms with Crippen LogP contribution in [0.3, 0.4) is 0 Å². The van der Waals surface area contributed by atoms with Gasteiger partial charge >= 0.3 is 5.97 Å². The molecule has 116 valence electrons. The molecule has 0 amide bonds. The summed E-state index contributed by atoms with van der Waals surface area (Å²) >= 11 is 0. The van der Waals surface area contributed by atoms with Crippen LogP contribution in [0.4, 0.5) is 5.69 Å². The first kappa shape index (κ1) is 15.5.